The summed E-state index contributed by atoms with van der Waals surface area (Å²) in [6.45, 7) is 0.527. The van der Waals surface area contributed by atoms with Gasteiger partial charge in [-0.2, -0.15) is 4.98 Å². The van der Waals surface area contributed by atoms with Crippen LogP contribution in [0.2, 0.25) is 0 Å². The number of nitrogens with zero attached hydrogens (tertiary/aromatic N) is 2. The van der Waals surface area contributed by atoms with Crippen molar-refractivity contribution in [3.63, 3.8) is 0 Å². The van der Waals surface area contributed by atoms with Gasteiger partial charge in [0.25, 0.3) is 0 Å². The molecule has 4 nitrogen and oxygen atoms in total. The number of ether oxygens (including phenoxy) is 1. The van der Waals surface area contributed by atoms with Crippen molar-refractivity contribution in [3.05, 3.63) is 52.5 Å². The first kappa shape index (κ1) is 12.8. The molecule has 0 amide bonds. The van der Waals surface area contributed by atoms with Crippen LogP contribution < -0.4 is 4.74 Å². The number of hydrogen-bond acceptors (Lipinski definition) is 3. The van der Waals surface area contributed by atoms with Gasteiger partial charge < -0.3 is 9.72 Å². The van der Waals surface area contributed by atoms with Crippen LogP contribution in [0.25, 0.3) is 11.2 Å². The monoisotopic (exact) mass is 289 g/mol. The zero-order valence-electron chi connectivity index (χ0n) is 10.8. The van der Waals surface area contributed by atoms with Crippen LogP contribution >= 0.6 is 12.2 Å². The quantitative estimate of drug-likeness (QED) is 0.752. The number of methoxy groups -OCH3 is 1. The Hall–Kier alpha value is -2.21. The number of nitrogens with one attached hydrogen (secondary N) is 1. The fraction of sp³-hybridized carbons (Fsp3) is 0.143. The first-order valence-electron chi connectivity index (χ1n) is 6.05. The van der Waals surface area contributed by atoms with Crippen LogP contribution in [-0.2, 0) is 6.54 Å². The Balaban J connectivity index is 2.08. The highest BCUT2D eigenvalue weighted by Crippen LogP contribution is 2.18. The molecule has 0 atom stereocenters. The van der Waals surface area contributed by atoms with E-state index >= 15 is 0 Å². The highest BCUT2D eigenvalue weighted by atomic mass is 32.1. The maximum Gasteiger partial charge on any atom is 0.215 e. The molecule has 3 aromatic rings. The summed E-state index contributed by atoms with van der Waals surface area (Å²) in [6.07, 6.45) is 0. The minimum Gasteiger partial charge on any atom is -0.481 e. The summed E-state index contributed by atoms with van der Waals surface area (Å²) in [6, 6.07) is 9.98. The molecule has 0 saturated heterocycles. The molecule has 6 heteroatoms. The predicted octanol–water partition coefficient (Wildman–Crippen LogP) is 3.29. The van der Waals surface area contributed by atoms with E-state index < -0.39 is 0 Å². The van der Waals surface area contributed by atoms with Crippen molar-refractivity contribution in [1.82, 2.24) is 14.5 Å². The molecule has 0 aliphatic carbocycles. The number of aromatic amines is 1. The standard InChI is InChI=1S/C14H12FN3OS/c1-19-12-7-6-11-13(17-12)18(14(20)16-11)8-9-2-4-10(15)5-3-9/h2-7H,8H2,1H3,(H,16,20). The van der Waals surface area contributed by atoms with E-state index in [1.54, 1.807) is 25.3 Å². The lowest BCUT2D eigenvalue weighted by molar-refractivity contribution is 0.399. The summed E-state index contributed by atoms with van der Waals surface area (Å²) in [4.78, 5) is 7.49. The molecule has 2 aromatic heterocycles. The predicted molar refractivity (Wildman–Crippen MR) is 77.0 cm³/mol. The van der Waals surface area contributed by atoms with E-state index in [9.17, 15) is 4.39 Å². The van der Waals surface area contributed by atoms with E-state index in [1.165, 1.54) is 12.1 Å². The third-order valence-corrected chi connectivity index (χ3v) is 3.38. The van der Waals surface area contributed by atoms with Crippen molar-refractivity contribution in [2.75, 3.05) is 7.11 Å². The number of aromatic nitrogens is 3. The number of pyridine rings is 1. The van der Waals surface area contributed by atoms with E-state index in [1.807, 2.05) is 10.6 Å². The third kappa shape index (κ3) is 2.30. The molecule has 1 N–H and O–H groups in total. The summed E-state index contributed by atoms with van der Waals surface area (Å²) < 4.78 is 20.5. The molecule has 0 aliphatic rings. The average Bonchev–Trinajstić information content (AvgIpc) is 2.77. The van der Waals surface area contributed by atoms with E-state index in [4.69, 9.17) is 17.0 Å². The number of rotatable bonds is 3. The van der Waals surface area contributed by atoms with Gasteiger partial charge in [-0.1, -0.05) is 12.1 Å². The summed E-state index contributed by atoms with van der Waals surface area (Å²) in [7, 11) is 1.57. The third-order valence-electron chi connectivity index (χ3n) is 3.06. The minimum absolute atomic E-state index is 0.254. The van der Waals surface area contributed by atoms with Crippen molar-refractivity contribution in [1.29, 1.82) is 0 Å². The van der Waals surface area contributed by atoms with Crippen LogP contribution in [0.4, 0.5) is 4.39 Å². The molecule has 102 valence electrons. The topological polar surface area (TPSA) is 42.8 Å². The second-order valence-corrected chi connectivity index (χ2v) is 4.75. The van der Waals surface area contributed by atoms with Crippen LogP contribution in [0.15, 0.2) is 36.4 Å². The second kappa shape index (κ2) is 5.05. The normalized spacial score (nSPS) is 10.9. The van der Waals surface area contributed by atoms with Crippen molar-refractivity contribution in [2.45, 2.75) is 6.54 Å². The molecule has 0 spiro atoms. The van der Waals surface area contributed by atoms with E-state index in [0.717, 1.165) is 16.7 Å². The molecule has 0 bridgehead atoms. The van der Waals surface area contributed by atoms with Gasteiger partial charge in [0.2, 0.25) is 5.88 Å². The fourth-order valence-electron chi connectivity index (χ4n) is 2.05. The smallest absolute Gasteiger partial charge is 0.215 e. The maximum atomic E-state index is 12.9. The molecule has 2 heterocycles. The minimum atomic E-state index is -0.254. The average molecular weight is 289 g/mol. The second-order valence-electron chi connectivity index (χ2n) is 4.37. The van der Waals surface area contributed by atoms with Gasteiger partial charge in [0.15, 0.2) is 10.4 Å². The van der Waals surface area contributed by atoms with Crippen LogP contribution in [0.1, 0.15) is 5.56 Å². The van der Waals surface area contributed by atoms with Crippen molar-refractivity contribution >= 4 is 23.4 Å². The highest BCUT2D eigenvalue weighted by molar-refractivity contribution is 7.71. The number of imidazole rings is 1. The Bertz CT molecular complexity index is 807. The number of benzene rings is 1. The van der Waals surface area contributed by atoms with Gasteiger partial charge in [-0.05, 0) is 36.0 Å². The van der Waals surface area contributed by atoms with Crippen molar-refractivity contribution < 1.29 is 9.13 Å². The summed E-state index contributed by atoms with van der Waals surface area (Å²) in [5.41, 5.74) is 2.52. The number of halogens is 1. The number of fused-ring (bicyclic) bond motifs is 1. The zero-order valence-corrected chi connectivity index (χ0v) is 11.6. The van der Waals surface area contributed by atoms with Crippen molar-refractivity contribution in [3.8, 4) is 5.88 Å². The Morgan fingerprint density at radius 2 is 2.00 bits per heavy atom. The fourth-order valence-corrected chi connectivity index (χ4v) is 2.31. The van der Waals surface area contributed by atoms with Crippen LogP contribution in [0, 0.1) is 10.6 Å². The van der Waals surface area contributed by atoms with Gasteiger partial charge in [-0.25, -0.2) is 4.39 Å². The molecular weight excluding hydrogens is 277 g/mol. The lowest BCUT2D eigenvalue weighted by atomic mass is 10.2. The number of H-pyrrole nitrogens is 1. The summed E-state index contributed by atoms with van der Waals surface area (Å²) in [5, 5.41) is 0. The van der Waals surface area contributed by atoms with Gasteiger partial charge in [-0.15, -0.1) is 0 Å². The van der Waals surface area contributed by atoms with E-state index in [2.05, 4.69) is 9.97 Å². The summed E-state index contributed by atoms with van der Waals surface area (Å²) >= 11 is 5.31. The Morgan fingerprint density at radius 3 is 2.70 bits per heavy atom. The van der Waals surface area contributed by atoms with Crippen LogP contribution in [0.5, 0.6) is 5.88 Å². The van der Waals surface area contributed by atoms with Gasteiger partial charge in [0, 0.05) is 6.07 Å². The molecule has 0 aliphatic heterocycles. The molecular formula is C14H12FN3OS. The van der Waals surface area contributed by atoms with Gasteiger partial charge in [0.05, 0.1) is 19.2 Å². The molecule has 3 rings (SSSR count). The maximum absolute atomic E-state index is 12.9. The first-order chi connectivity index (χ1) is 9.67. The Morgan fingerprint density at radius 1 is 1.25 bits per heavy atom. The van der Waals surface area contributed by atoms with Gasteiger partial charge in [-0.3, -0.25) is 4.57 Å². The van der Waals surface area contributed by atoms with Crippen LogP contribution in [-0.4, -0.2) is 21.6 Å². The van der Waals surface area contributed by atoms with Gasteiger partial charge >= 0.3 is 0 Å². The number of hydrogen-bond donors (Lipinski definition) is 1. The molecule has 0 saturated carbocycles. The van der Waals surface area contributed by atoms with Crippen molar-refractivity contribution in [2.24, 2.45) is 0 Å². The summed E-state index contributed by atoms with van der Waals surface area (Å²) in [5.74, 6) is 0.274. The molecule has 0 radical (unpaired) electrons. The van der Waals surface area contributed by atoms with Gasteiger partial charge in [0.1, 0.15) is 5.82 Å². The molecule has 0 unspecified atom stereocenters. The largest absolute Gasteiger partial charge is 0.481 e. The van der Waals surface area contributed by atoms with E-state index in [0.29, 0.717) is 17.2 Å². The van der Waals surface area contributed by atoms with Crippen LogP contribution in [0.3, 0.4) is 0 Å². The molecule has 1 aromatic carbocycles. The lowest BCUT2D eigenvalue weighted by Crippen LogP contribution is -2.01. The SMILES string of the molecule is COc1ccc2[nH]c(=S)n(Cc3ccc(F)cc3)c2n1. The Kier molecular flexibility index (Phi) is 3.23. The molecule has 0 fully saturated rings. The van der Waals surface area contributed by atoms with E-state index in [-0.39, 0.29) is 5.82 Å². The lowest BCUT2D eigenvalue weighted by Gasteiger charge is -2.05. The zero-order chi connectivity index (χ0) is 14.1. The Labute approximate surface area is 119 Å². The highest BCUT2D eigenvalue weighted by Gasteiger charge is 2.08. The first-order valence-corrected chi connectivity index (χ1v) is 6.46. The molecule has 20 heavy (non-hydrogen) atoms.